The van der Waals surface area contributed by atoms with Crippen molar-refractivity contribution in [2.24, 2.45) is 0 Å². The molecule has 4 nitrogen and oxygen atoms in total. The molecule has 0 saturated heterocycles. The molecule has 0 aliphatic heterocycles. The van der Waals surface area contributed by atoms with Crippen LogP contribution in [0.1, 0.15) is 22.3 Å². The summed E-state index contributed by atoms with van der Waals surface area (Å²) >= 11 is 5.37. The number of carbonyl (C=O) groups is 1. The third-order valence-corrected chi connectivity index (χ3v) is 1.86. The minimum Gasteiger partial charge on any atom is -0.465 e. The van der Waals surface area contributed by atoms with Gasteiger partial charge in [0.1, 0.15) is 10.7 Å². The number of halogens is 3. The number of rotatable bonds is 2. The number of aromatic amines is 1. The third kappa shape index (κ3) is 2.33. The maximum absolute atomic E-state index is 12.5. The number of carbonyl (C=O) groups excluding carboxylic acids is 1. The fourth-order valence-corrected chi connectivity index (χ4v) is 1.23. The highest BCUT2D eigenvalue weighted by atomic mass is 35.5. The molecule has 1 aromatic rings. The number of ether oxygens (including phenoxy) is 1. The van der Waals surface area contributed by atoms with Crippen LogP contribution in [0.15, 0.2) is 10.9 Å². The summed E-state index contributed by atoms with van der Waals surface area (Å²) in [6.45, 7) is 0. The quantitative estimate of drug-likeness (QED) is 0.630. The Labute approximate surface area is 87.8 Å². The van der Waals surface area contributed by atoms with Gasteiger partial charge in [-0.3, -0.25) is 4.79 Å². The molecule has 1 N–H and O–H groups in total. The zero-order valence-corrected chi connectivity index (χ0v) is 8.27. The van der Waals surface area contributed by atoms with Crippen molar-refractivity contribution in [3.8, 4) is 0 Å². The zero-order valence-electron chi connectivity index (χ0n) is 7.51. The molecule has 0 spiro atoms. The van der Waals surface area contributed by atoms with Gasteiger partial charge in [-0.25, -0.2) is 13.6 Å². The number of hydrogen-bond acceptors (Lipinski definition) is 3. The Kier molecular flexibility index (Phi) is 3.41. The minimum atomic E-state index is -2.97. The number of H-pyrrole nitrogens is 1. The Morgan fingerprint density at radius 1 is 1.60 bits per heavy atom. The molecule has 0 amide bonds. The summed E-state index contributed by atoms with van der Waals surface area (Å²) in [5.41, 5.74) is -2.46. The summed E-state index contributed by atoms with van der Waals surface area (Å²) in [4.78, 5) is 24.3. The normalized spacial score (nSPS) is 10.5. The molecule has 0 aromatic carbocycles. The molecule has 0 unspecified atom stereocenters. The van der Waals surface area contributed by atoms with Crippen molar-refractivity contribution in [1.29, 1.82) is 0 Å². The van der Waals surface area contributed by atoms with Gasteiger partial charge in [-0.05, 0) is 6.07 Å². The highest BCUT2D eigenvalue weighted by Gasteiger charge is 2.23. The number of pyridine rings is 1. The molecule has 0 radical (unpaired) electrons. The number of hydrogen-bond donors (Lipinski definition) is 1. The van der Waals surface area contributed by atoms with Crippen molar-refractivity contribution in [2.45, 2.75) is 6.43 Å². The molecule has 1 heterocycles. The molecule has 0 atom stereocenters. The van der Waals surface area contributed by atoms with E-state index in [0.29, 0.717) is 0 Å². The van der Waals surface area contributed by atoms with Gasteiger partial charge in [0.05, 0.1) is 7.11 Å². The van der Waals surface area contributed by atoms with Crippen LogP contribution in [-0.4, -0.2) is 18.1 Å². The highest BCUT2D eigenvalue weighted by molar-refractivity contribution is 6.29. The predicted molar refractivity (Wildman–Crippen MR) is 48.4 cm³/mol. The maximum atomic E-state index is 12.5. The largest absolute Gasteiger partial charge is 0.465 e. The highest BCUT2D eigenvalue weighted by Crippen LogP contribution is 2.23. The predicted octanol–water partition coefficient (Wildman–Crippen LogP) is 1.75. The first-order chi connectivity index (χ1) is 6.97. The number of alkyl halides is 2. The van der Waals surface area contributed by atoms with Crippen LogP contribution in [0.5, 0.6) is 0 Å². The van der Waals surface area contributed by atoms with Crippen LogP contribution in [0.2, 0.25) is 5.15 Å². The fourth-order valence-electron chi connectivity index (χ4n) is 1.03. The summed E-state index contributed by atoms with van der Waals surface area (Å²) in [6, 6.07) is 0.819. The lowest BCUT2D eigenvalue weighted by Crippen LogP contribution is -2.22. The molecule has 7 heteroatoms. The van der Waals surface area contributed by atoms with Crippen molar-refractivity contribution in [3.05, 3.63) is 32.7 Å². The van der Waals surface area contributed by atoms with Crippen LogP contribution in [0.4, 0.5) is 8.78 Å². The first kappa shape index (κ1) is 11.6. The molecule has 1 aromatic heterocycles. The van der Waals surface area contributed by atoms with Crippen molar-refractivity contribution in [2.75, 3.05) is 7.11 Å². The van der Waals surface area contributed by atoms with Gasteiger partial charge in [0.2, 0.25) is 0 Å². The van der Waals surface area contributed by atoms with Crippen molar-refractivity contribution in [1.82, 2.24) is 4.98 Å². The van der Waals surface area contributed by atoms with E-state index in [2.05, 4.69) is 4.74 Å². The van der Waals surface area contributed by atoms with Crippen molar-refractivity contribution >= 4 is 17.6 Å². The van der Waals surface area contributed by atoms with Crippen LogP contribution in [-0.2, 0) is 4.74 Å². The van der Waals surface area contributed by atoms with Crippen LogP contribution in [0, 0.1) is 0 Å². The molecule has 82 valence electrons. The fraction of sp³-hybridized carbons (Fsp3) is 0.250. The molecule has 0 aliphatic carbocycles. The third-order valence-electron chi connectivity index (χ3n) is 1.66. The lowest BCUT2D eigenvalue weighted by molar-refractivity contribution is 0.0587. The van der Waals surface area contributed by atoms with E-state index in [1.165, 1.54) is 0 Å². The smallest absolute Gasteiger partial charge is 0.344 e. The standard InChI is InChI=1S/C8H6ClF2NO3/c1-15-8(14)5-3(6(10)11)2-4(9)12-7(5)13/h2,6H,1H3,(H,12,13). The van der Waals surface area contributed by atoms with Gasteiger partial charge in [0.15, 0.2) is 0 Å². The zero-order chi connectivity index (χ0) is 11.6. The summed E-state index contributed by atoms with van der Waals surface area (Å²) in [5, 5.41) is -0.261. The molecule has 0 bridgehead atoms. The van der Waals surface area contributed by atoms with Gasteiger partial charge in [0.25, 0.3) is 12.0 Å². The van der Waals surface area contributed by atoms with E-state index >= 15 is 0 Å². The lowest BCUT2D eigenvalue weighted by atomic mass is 10.1. The monoisotopic (exact) mass is 237 g/mol. The summed E-state index contributed by atoms with van der Waals surface area (Å²) in [5.74, 6) is -1.12. The van der Waals surface area contributed by atoms with E-state index in [-0.39, 0.29) is 5.15 Å². The van der Waals surface area contributed by atoms with Gasteiger partial charge in [-0.1, -0.05) is 11.6 Å². The Morgan fingerprint density at radius 2 is 2.20 bits per heavy atom. The van der Waals surface area contributed by atoms with Gasteiger partial charge in [0, 0.05) is 5.56 Å². The van der Waals surface area contributed by atoms with E-state index < -0.39 is 29.1 Å². The minimum absolute atomic E-state index is 0.261. The molecule has 0 saturated carbocycles. The second-order valence-electron chi connectivity index (χ2n) is 2.57. The summed E-state index contributed by atoms with van der Waals surface area (Å²) in [7, 11) is 0.992. The summed E-state index contributed by atoms with van der Waals surface area (Å²) in [6.07, 6.45) is -2.97. The average molecular weight is 238 g/mol. The maximum Gasteiger partial charge on any atom is 0.344 e. The van der Waals surface area contributed by atoms with Gasteiger partial charge >= 0.3 is 5.97 Å². The molecule has 0 aliphatic rings. The van der Waals surface area contributed by atoms with Gasteiger partial charge in [-0.2, -0.15) is 0 Å². The molecule has 15 heavy (non-hydrogen) atoms. The Bertz CT molecular complexity index is 444. The topological polar surface area (TPSA) is 59.2 Å². The first-order valence-corrected chi connectivity index (χ1v) is 4.14. The molecule has 0 fully saturated rings. The van der Waals surface area contributed by atoms with Crippen molar-refractivity contribution in [3.63, 3.8) is 0 Å². The molecular weight excluding hydrogens is 232 g/mol. The van der Waals surface area contributed by atoms with Crippen LogP contribution in [0.3, 0.4) is 0 Å². The van der Waals surface area contributed by atoms with Gasteiger partial charge in [-0.15, -0.1) is 0 Å². The van der Waals surface area contributed by atoms with Crippen LogP contribution < -0.4 is 5.56 Å². The Balaban J connectivity index is 3.47. The SMILES string of the molecule is COC(=O)c1c(C(F)F)cc(Cl)[nH]c1=O. The number of nitrogens with one attached hydrogen (secondary N) is 1. The van der Waals surface area contributed by atoms with E-state index in [0.717, 1.165) is 13.2 Å². The van der Waals surface area contributed by atoms with Crippen LogP contribution >= 0.6 is 11.6 Å². The van der Waals surface area contributed by atoms with Crippen LogP contribution in [0.25, 0.3) is 0 Å². The number of esters is 1. The number of methoxy groups -OCH3 is 1. The van der Waals surface area contributed by atoms with Gasteiger partial charge < -0.3 is 9.72 Å². The second-order valence-corrected chi connectivity index (χ2v) is 2.98. The van der Waals surface area contributed by atoms with Crippen molar-refractivity contribution < 1.29 is 18.3 Å². The van der Waals surface area contributed by atoms with E-state index in [1.807, 2.05) is 4.98 Å². The lowest BCUT2D eigenvalue weighted by Gasteiger charge is -2.06. The van der Waals surface area contributed by atoms with E-state index in [9.17, 15) is 18.4 Å². The Morgan fingerprint density at radius 3 is 2.67 bits per heavy atom. The second kappa shape index (κ2) is 4.39. The molecular formula is C8H6ClF2NO3. The Hall–Kier alpha value is -1.43. The average Bonchev–Trinajstić information content (AvgIpc) is 2.15. The number of aromatic nitrogens is 1. The molecule has 1 rings (SSSR count). The summed E-state index contributed by atoms with van der Waals surface area (Å²) < 4.78 is 29.1. The van der Waals surface area contributed by atoms with E-state index in [1.54, 1.807) is 0 Å². The van der Waals surface area contributed by atoms with E-state index in [4.69, 9.17) is 11.6 Å². The first-order valence-electron chi connectivity index (χ1n) is 3.76.